The molecule has 2 amide bonds. The van der Waals surface area contributed by atoms with E-state index in [1.165, 1.54) is 32.1 Å². The number of para-hydroxylation sites is 1. The lowest BCUT2D eigenvalue weighted by molar-refractivity contribution is -0.159. The fraction of sp³-hybridized carbons (Fsp3) is 0.500. The molecule has 0 spiro atoms. The van der Waals surface area contributed by atoms with Crippen LogP contribution >= 0.6 is 0 Å². The molecule has 0 unspecified atom stereocenters. The van der Waals surface area contributed by atoms with Crippen molar-refractivity contribution in [3.05, 3.63) is 65.7 Å². The summed E-state index contributed by atoms with van der Waals surface area (Å²) in [6.45, 7) is 4.27. The van der Waals surface area contributed by atoms with Gasteiger partial charge in [0.05, 0.1) is 0 Å². The van der Waals surface area contributed by atoms with Gasteiger partial charge in [0.2, 0.25) is 5.91 Å². The van der Waals surface area contributed by atoms with Gasteiger partial charge in [-0.3, -0.25) is 9.59 Å². The molecule has 4 aliphatic carbocycles. The maximum atomic E-state index is 14.1. The van der Waals surface area contributed by atoms with Crippen molar-refractivity contribution in [2.75, 3.05) is 0 Å². The van der Waals surface area contributed by atoms with E-state index in [1.54, 1.807) is 12.1 Å². The molecule has 0 radical (unpaired) electrons. The van der Waals surface area contributed by atoms with Crippen LogP contribution in [0.2, 0.25) is 0 Å². The second kappa shape index (κ2) is 8.51. The van der Waals surface area contributed by atoms with Crippen molar-refractivity contribution in [2.45, 2.75) is 64.1 Å². The third-order valence-electron chi connectivity index (χ3n) is 8.02. The van der Waals surface area contributed by atoms with Crippen LogP contribution in [0.5, 0.6) is 5.75 Å². The first-order valence-electron chi connectivity index (χ1n) is 12.2. The molecule has 2 aromatic carbocycles. The number of amides is 2. The highest BCUT2D eigenvalue weighted by atomic mass is 16.5. The van der Waals surface area contributed by atoms with Crippen LogP contribution in [0.25, 0.3) is 0 Å². The van der Waals surface area contributed by atoms with Crippen LogP contribution in [0.1, 0.15) is 61.9 Å². The van der Waals surface area contributed by atoms with Gasteiger partial charge in [-0.1, -0.05) is 30.3 Å². The molecule has 6 rings (SSSR count). The smallest absolute Gasteiger partial charge is 0.266 e. The largest absolute Gasteiger partial charge is 0.478 e. The molecule has 5 nitrogen and oxygen atoms in total. The number of primary amides is 1. The van der Waals surface area contributed by atoms with E-state index < -0.39 is 11.5 Å². The Morgan fingerprint density at radius 3 is 2.03 bits per heavy atom. The monoisotopic (exact) mass is 446 g/mol. The van der Waals surface area contributed by atoms with Gasteiger partial charge in [0.25, 0.3) is 5.91 Å². The van der Waals surface area contributed by atoms with E-state index in [1.807, 2.05) is 56.3 Å². The number of carbonyl (C=O) groups excluding carboxylic acids is 2. The first kappa shape index (κ1) is 22.0. The van der Waals surface area contributed by atoms with E-state index in [2.05, 4.69) is 4.90 Å². The zero-order valence-electron chi connectivity index (χ0n) is 19.6. The fourth-order valence-corrected chi connectivity index (χ4v) is 6.86. The normalized spacial score (nSPS) is 27.9. The van der Waals surface area contributed by atoms with Crippen LogP contribution in [-0.2, 0) is 11.3 Å². The summed E-state index contributed by atoms with van der Waals surface area (Å²) in [5, 5.41) is 0. The van der Waals surface area contributed by atoms with E-state index >= 15 is 0 Å². The quantitative estimate of drug-likeness (QED) is 0.664. The molecule has 174 valence electrons. The maximum absolute atomic E-state index is 14.1. The van der Waals surface area contributed by atoms with Crippen molar-refractivity contribution < 1.29 is 14.3 Å². The van der Waals surface area contributed by atoms with E-state index in [9.17, 15) is 9.59 Å². The second-order valence-electron chi connectivity index (χ2n) is 10.8. The summed E-state index contributed by atoms with van der Waals surface area (Å²) >= 11 is 0. The lowest BCUT2D eigenvalue weighted by atomic mass is 9.53. The fourth-order valence-electron chi connectivity index (χ4n) is 6.86. The molecule has 4 fully saturated rings. The number of nitrogens with two attached hydrogens (primary N) is 1. The summed E-state index contributed by atoms with van der Waals surface area (Å²) in [7, 11) is 0. The molecule has 0 saturated heterocycles. The third kappa shape index (κ3) is 4.38. The lowest BCUT2D eigenvalue weighted by Crippen LogP contribution is -2.61. The molecule has 33 heavy (non-hydrogen) atoms. The van der Waals surface area contributed by atoms with Gasteiger partial charge in [-0.05, 0) is 99.5 Å². The van der Waals surface area contributed by atoms with Crippen LogP contribution < -0.4 is 10.5 Å². The number of hydrogen-bond donors (Lipinski definition) is 1. The molecular formula is C28H34N2O3. The molecule has 2 N–H and O–H groups in total. The maximum Gasteiger partial charge on any atom is 0.266 e. The number of hydrogen-bond acceptors (Lipinski definition) is 3. The number of nitrogens with zero attached hydrogens (tertiary/aromatic N) is 1. The van der Waals surface area contributed by atoms with E-state index in [0.717, 1.165) is 17.4 Å². The predicted octanol–water partition coefficient (Wildman–Crippen LogP) is 4.80. The first-order chi connectivity index (χ1) is 15.8. The van der Waals surface area contributed by atoms with E-state index in [4.69, 9.17) is 10.5 Å². The van der Waals surface area contributed by atoms with Crippen LogP contribution in [0, 0.1) is 23.7 Å². The molecule has 0 aliphatic heterocycles. The molecular weight excluding hydrogens is 412 g/mol. The van der Waals surface area contributed by atoms with Gasteiger partial charge >= 0.3 is 0 Å². The van der Waals surface area contributed by atoms with Gasteiger partial charge in [-0.25, -0.2) is 0 Å². The van der Waals surface area contributed by atoms with Crippen LogP contribution in [0.15, 0.2) is 54.6 Å². The topological polar surface area (TPSA) is 72.6 Å². The Labute approximate surface area is 196 Å². The Morgan fingerprint density at radius 2 is 1.48 bits per heavy atom. The molecule has 4 bridgehead atoms. The summed E-state index contributed by atoms with van der Waals surface area (Å²) in [6, 6.07) is 17.2. The molecule has 2 aromatic rings. The number of carbonyl (C=O) groups is 2. The summed E-state index contributed by atoms with van der Waals surface area (Å²) in [6.07, 6.45) is 6.33. The molecule has 0 heterocycles. The van der Waals surface area contributed by atoms with Crippen molar-refractivity contribution in [3.8, 4) is 5.75 Å². The van der Waals surface area contributed by atoms with E-state index in [-0.39, 0.29) is 11.9 Å². The Morgan fingerprint density at radius 1 is 0.909 bits per heavy atom. The summed E-state index contributed by atoms with van der Waals surface area (Å²) in [5.41, 5.74) is 5.93. The minimum atomic E-state index is -0.983. The van der Waals surface area contributed by atoms with Crippen molar-refractivity contribution in [1.82, 2.24) is 4.90 Å². The van der Waals surface area contributed by atoms with Gasteiger partial charge < -0.3 is 15.4 Å². The van der Waals surface area contributed by atoms with Gasteiger partial charge in [-0.2, -0.15) is 0 Å². The van der Waals surface area contributed by atoms with Crippen LogP contribution in [0.4, 0.5) is 0 Å². The van der Waals surface area contributed by atoms with Crippen molar-refractivity contribution >= 4 is 11.8 Å². The van der Waals surface area contributed by atoms with Crippen molar-refractivity contribution in [1.29, 1.82) is 0 Å². The zero-order chi connectivity index (χ0) is 23.2. The Bertz CT molecular complexity index is 987. The minimum Gasteiger partial charge on any atom is -0.478 e. The van der Waals surface area contributed by atoms with Gasteiger partial charge in [-0.15, -0.1) is 0 Å². The van der Waals surface area contributed by atoms with E-state index in [0.29, 0.717) is 29.7 Å². The Hall–Kier alpha value is -2.82. The number of rotatable bonds is 7. The zero-order valence-corrected chi connectivity index (χ0v) is 19.6. The van der Waals surface area contributed by atoms with Crippen LogP contribution in [0.3, 0.4) is 0 Å². The highest BCUT2D eigenvalue weighted by molar-refractivity contribution is 5.92. The van der Waals surface area contributed by atoms with Crippen molar-refractivity contribution in [2.24, 2.45) is 29.4 Å². The van der Waals surface area contributed by atoms with Crippen molar-refractivity contribution in [3.63, 3.8) is 0 Å². The first-order valence-corrected chi connectivity index (χ1v) is 12.2. The number of ether oxygens (including phenoxy) is 1. The highest BCUT2D eigenvalue weighted by Gasteiger charge is 2.52. The molecule has 4 aliphatic rings. The Balaban J connectivity index is 1.44. The van der Waals surface area contributed by atoms with Gasteiger partial charge in [0.1, 0.15) is 5.75 Å². The third-order valence-corrected chi connectivity index (χ3v) is 8.02. The SMILES string of the molecule is CC(C)(Oc1ccccc1)C(=O)N(Cc1ccc(C(N)=O)cc1)C1C2CC3CC(C2)CC1C3. The highest BCUT2D eigenvalue weighted by Crippen LogP contribution is 2.55. The average molecular weight is 447 g/mol. The summed E-state index contributed by atoms with van der Waals surface area (Å²) in [4.78, 5) is 27.7. The molecule has 0 aromatic heterocycles. The molecule has 0 atom stereocenters. The minimum absolute atomic E-state index is 0.0304. The Kier molecular flexibility index (Phi) is 5.67. The summed E-state index contributed by atoms with van der Waals surface area (Å²) in [5.74, 6) is 3.11. The average Bonchev–Trinajstić information content (AvgIpc) is 2.78. The number of benzene rings is 2. The molecule has 4 saturated carbocycles. The van der Waals surface area contributed by atoms with Crippen LogP contribution in [-0.4, -0.2) is 28.4 Å². The molecule has 5 heteroatoms. The summed E-state index contributed by atoms with van der Waals surface area (Å²) < 4.78 is 6.22. The second-order valence-corrected chi connectivity index (χ2v) is 10.8. The standard InChI is InChI=1S/C28H34N2O3/c1-28(2,33-24-6-4-3-5-7-24)27(32)30(17-18-8-10-21(11-9-18)26(29)31)25-22-13-19-12-20(15-22)16-23(25)14-19/h3-11,19-20,22-23,25H,12-17H2,1-2H3,(H2,29,31). The lowest BCUT2D eigenvalue weighted by Gasteiger charge is -2.57. The predicted molar refractivity (Wildman–Crippen MR) is 127 cm³/mol. The van der Waals surface area contributed by atoms with Gasteiger partial charge in [0, 0.05) is 18.2 Å². The van der Waals surface area contributed by atoms with Gasteiger partial charge in [0.15, 0.2) is 5.60 Å².